The van der Waals surface area contributed by atoms with Gasteiger partial charge in [-0.25, -0.2) is 0 Å². The van der Waals surface area contributed by atoms with Gasteiger partial charge in [0.25, 0.3) is 0 Å². The molecule has 100 valence electrons. The van der Waals surface area contributed by atoms with Crippen LogP contribution in [0.3, 0.4) is 0 Å². The molecule has 0 radical (unpaired) electrons. The summed E-state index contributed by atoms with van der Waals surface area (Å²) in [4.78, 5) is 0. The van der Waals surface area contributed by atoms with Gasteiger partial charge in [0.1, 0.15) is 0 Å². The van der Waals surface area contributed by atoms with Crippen molar-refractivity contribution in [3.05, 3.63) is 35.4 Å². The molecule has 1 N–H and O–H groups in total. The molecule has 1 fully saturated rings. The SMILES string of the molecule is CC(C)CCC(C)NCc1cccc(C2CC2)c1. The first-order valence-corrected chi connectivity index (χ1v) is 7.47. The number of nitrogens with one attached hydrogen (secondary N) is 1. The predicted molar refractivity (Wildman–Crippen MR) is 78.8 cm³/mol. The second kappa shape index (κ2) is 6.38. The highest BCUT2D eigenvalue weighted by Crippen LogP contribution is 2.40. The Hall–Kier alpha value is -0.820. The zero-order chi connectivity index (χ0) is 13.0. The zero-order valence-electron chi connectivity index (χ0n) is 12.1. The predicted octanol–water partition coefficient (Wildman–Crippen LogP) is 4.48. The topological polar surface area (TPSA) is 12.0 Å². The van der Waals surface area contributed by atoms with Crippen LogP contribution in [0.15, 0.2) is 24.3 Å². The van der Waals surface area contributed by atoms with E-state index in [-0.39, 0.29) is 0 Å². The lowest BCUT2D eigenvalue weighted by atomic mass is 10.0. The molecule has 2 rings (SSSR count). The van der Waals surface area contributed by atoms with Gasteiger partial charge in [-0.3, -0.25) is 0 Å². The van der Waals surface area contributed by atoms with E-state index in [2.05, 4.69) is 50.4 Å². The molecule has 1 aliphatic carbocycles. The smallest absolute Gasteiger partial charge is 0.0208 e. The van der Waals surface area contributed by atoms with Crippen LogP contribution in [0.4, 0.5) is 0 Å². The summed E-state index contributed by atoms with van der Waals surface area (Å²) in [6, 6.07) is 9.75. The fraction of sp³-hybridized carbons (Fsp3) is 0.647. The number of hydrogen-bond acceptors (Lipinski definition) is 1. The molecule has 1 heteroatoms. The van der Waals surface area contributed by atoms with Gasteiger partial charge in [0.2, 0.25) is 0 Å². The zero-order valence-corrected chi connectivity index (χ0v) is 12.1. The van der Waals surface area contributed by atoms with E-state index < -0.39 is 0 Å². The molecule has 0 aliphatic heterocycles. The molecule has 0 spiro atoms. The summed E-state index contributed by atoms with van der Waals surface area (Å²) in [6.07, 6.45) is 5.37. The molecular formula is C17H27N. The Morgan fingerprint density at radius 2 is 1.94 bits per heavy atom. The molecule has 0 amide bonds. The summed E-state index contributed by atoms with van der Waals surface area (Å²) in [5.74, 6) is 1.68. The van der Waals surface area contributed by atoms with Gasteiger partial charge in [0.05, 0.1) is 0 Å². The van der Waals surface area contributed by atoms with Crippen LogP contribution in [-0.2, 0) is 6.54 Å². The van der Waals surface area contributed by atoms with E-state index in [4.69, 9.17) is 0 Å². The molecule has 1 nitrogen and oxygen atoms in total. The Morgan fingerprint density at radius 1 is 1.17 bits per heavy atom. The van der Waals surface area contributed by atoms with Gasteiger partial charge in [-0.15, -0.1) is 0 Å². The first kappa shape index (κ1) is 13.6. The average molecular weight is 245 g/mol. The molecule has 1 aliphatic rings. The van der Waals surface area contributed by atoms with Crippen molar-refractivity contribution in [2.75, 3.05) is 0 Å². The fourth-order valence-electron chi connectivity index (χ4n) is 2.35. The van der Waals surface area contributed by atoms with Crippen molar-refractivity contribution in [1.82, 2.24) is 5.32 Å². The summed E-state index contributed by atoms with van der Waals surface area (Å²) in [7, 11) is 0. The Bertz CT molecular complexity index is 366. The van der Waals surface area contributed by atoms with Crippen LogP contribution in [-0.4, -0.2) is 6.04 Å². The first-order valence-electron chi connectivity index (χ1n) is 7.47. The Labute approximate surface area is 112 Å². The van der Waals surface area contributed by atoms with Gasteiger partial charge in [-0.1, -0.05) is 38.1 Å². The van der Waals surface area contributed by atoms with Gasteiger partial charge < -0.3 is 5.32 Å². The van der Waals surface area contributed by atoms with Crippen LogP contribution >= 0.6 is 0 Å². The highest BCUT2D eigenvalue weighted by Gasteiger charge is 2.23. The maximum Gasteiger partial charge on any atom is 0.0208 e. The van der Waals surface area contributed by atoms with Crippen LogP contribution < -0.4 is 5.32 Å². The van der Waals surface area contributed by atoms with Gasteiger partial charge in [0, 0.05) is 12.6 Å². The normalized spacial score (nSPS) is 17.1. The molecule has 0 aromatic heterocycles. The molecule has 1 atom stereocenters. The first-order chi connectivity index (χ1) is 8.65. The minimum Gasteiger partial charge on any atom is -0.310 e. The average Bonchev–Trinajstić information content (AvgIpc) is 3.18. The molecule has 0 saturated heterocycles. The third-order valence-electron chi connectivity index (χ3n) is 3.83. The van der Waals surface area contributed by atoms with Crippen LogP contribution in [0.2, 0.25) is 0 Å². The van der Waals surface area contributed by atoms with E-state index in [9.17, 15) is 0 Å². The summed E-state index contributed by atoms with van der Waals surface area (Å²) < 4.78 is 0. The van der Waals surface area contributed by atoms with Crippen molar-refractivity contribution in [1.29, 1.82) is 0 Å². The summed E-state index contributed by atoms with van der Waals surface area (Å²) >= 11 is 0. The van der Waals surface area contributed by atoms with Crippen LogP contribution in [0, 0.1) is 5.92 Å². The highest BCUT2D eigenvalue weighted by atomic mass is 14.9. The molecule has 0 heterocycles. The third-order valence-corrected chi connectivity index (χ3v) is 3.83. The van der Waals surface area contributed by atoms with Crippen molar-refractivity contribution >= 4 is 0 Å². The van der Waals surface area contributed by atoms with E-state index in [1.807, 2.05) is 0 Å². The Kier molecular flexibility index (Phi) is 4.82. The second-order valence-electron chi connectivity index (χ2n) is 6.27. The second-order valence-corrected chi connectivity index (χ2v) is 6.27. The van der Waals surface area contributed by atoms with E-state index in [1.165, 1.54) is 31.2 Å². The fourth-order valence-corrected chi connectivity index (χ4v) is 2.35. The quantitative estimate of drug-likeness (QED) is 0.747. The molecule has 1 saturated carbocycles. The Balaban J connectivity index is 1.76. The molecule has 1 aromatic carbocycles. The van der Waals surface area contributed by atoms with E-state index in [0.29, 0.717) is 6.04 Å². The number of hydrogen-bond donors (Lipinski definition) is 1. The van der Waals surface area contributed by atoms with Crippen molar-refractivity contribution < 1.29 is 0 Å². The maximum absolute atomic E-state index is 3.64. The molecule has 18 heavy (non-hydrogen) atoms. The van der Waals surface area contributed by atoms with Crippen LogP contribution in [0.1, 0.15) is 63.5 Å². The lowest BCUT2D eigenvalue weighted by molar-refractivity contribution is 0.450. The molecule has 1 unspecified atom stereocenters. The van der Waals surface area contributed by atoms with Crippen molar-refractivity contribution in [3.63, 3.8) is 0 Å². The van der Waals surface area contributed by atoms with Crippen molar-refractivity contribution in [2.24, 2.45) is 5.92 Å². The largest absolute Gasteiger partial charge is 0.310 e. The molecular weight excluding hydrogens is 218 g/mol. The van der Waals surface area contributed by atoms with E-state index in [0.717, 1.165) is 18.4 Å². The van der Waals surface area contributed by atoms with Gasteiger partial charge in [0.15, 0.2) is 0 Å². The Morgan fingerprint density at radius 3 is 2.61 bits per heavy atom. The van der Waals surface area contributed by atoms with E-state index >= 15 is 0 Å². The van der Waals surface area contributed by atoms with Gasteiger partial charge in [-0.2, -0.15) is 0 Å². The third kappa shape index (κ3) is 4.45. The van der Waals surface area contributed by atoms with E-state index in [1.54, 1.807) is 5.56 Å². The maximum atomic E-state index is 3.64. The lowest BCUT2D eigenvalue weighted by Gasteiger charge is -2.15. The number of benzene rings is 1. The molecule has 1 aromatic rings. The van der Waals surface area contributed by atoms with Gasteiger partial charge >= 0.3 is 0 Å². The van der Waals surface area contributed by atoms with Gasteiger partial charge in [-0.05, 0) is 55.6 Å². The minimum absolute atomic E-state index is 0.622. The van der Waals surface area contributed by atoms with Crippen molar-refractivity contribution in [2.45, 2.75) is 65.0 Å². The standard InChI is InChI=1S/C17H27N/c1-13(2)7-8-14(3)18-12-15-5-4-6-17(11-15)16-9-10-16/h4-6,11,13-14,16,18H,7-10,12H2,1-3H3. The summed E-state index contributed by atoms with van der Waals surface area (Å²) in [5.41, 5.74) is 2.99. The van der Waals surface area contributed by atoms with Crippen LogP contribution in [0.5, 0.6) is 0 Å². The number of rotatable bonds is 7. The molecule has 0 bridgehead atoms. The lowest BCUT2D eigenvalue weighted by Crippen LogP contribution is -2.25. The minimum atomic E-state index is 0.622. The van der Waals surface area contributed by atoms with Crippen LogP contribution in [0.25, 0.3) is 0 Å². The highest BCUT2D eigenvalue weighted by molar-refractivity contribution is 5.29. The summed E-state index contributed by atoms with van der Waals surface area (Å²) in [5, 5.41) is 3.64. The summed E-state index contributed by atoms with van der Waals surface area (Å²) in [6.45, 7) is 7.91. The monoisotopic (exact) mass is 245 g/mol. The van der Waals surface area contributed by atoms with Crippen molar-refractivity contribution in [3.8, 4) is 0 Å².